The van der Waals surface area contributed by atoms with Crippen molar-refractivity contribution in [3.8, 4) is 0 Å². The van der Waals surface area contributed by atoms with Crippen LogP contribution in [0.2, 0.25) is 0 Å². The summed E-state index contributed by atoms with van der Waals surface area (Å²) in [5, 5.41) is 8.67. The molecule has 0 unspecified atom stereocenters. The fourth-order valence-corrected chi connectivity index (χ4v) is 3.26. The predicted molar refractivity (Wildman–Crippen MR) is 105 cm³/mol. The van der Waals surface area contributed by atoms with Crippen molar-refractivity contribution in [3.63, 3.8) is 0 Å². The Kier molecular flexibility index (Phi) is 5.23. The van der Waals surface area contributed by atoms with E-state index in [4.69, 9.17) is 0 Å². The standard InChI is InChI=1S/C19H20N4S/c1-3-11-21-19-22-16-14(2)13-24-17(16)18(23-19)20-12-7-10-15-8-5-4-6-9-15/h3-10,13H,1,11-12H2,2H3,(H2,20,21,22,23)/b10-7+. The van der Waals surface area contributed by atoms with E-state index >= 15 is 0 Å². The highest BCUT2D eigenvalue weighted by Gasteiger charge is 2.10. The van der Waals surface area contributed by atoms with Gasteiger partial charge in [-0.3, -0.25) is 0 Å². The summed E-state index contributed by atoms with van der Waals surface area (Å²) in [5.41, 5.74) is 3.35. The molecule has 0 amide bonds. The minimum Gasteiger partial charge on any atom is -0.365 e. The van der Waals surface area contributed by atoms with Gasteiger partial charge in [0.2, 0.25) is 5.95 Å². The van der Waals surface area contributed by atoms with Crippen LogP contribution in [-0.4, -0.2) is 23.1 Å². The molecule has 0 bridgehead atoms. The zero-order chi connectivity index (χ0) is 16.8. The smallest absolute Gasteiger partial charge is 0.225 e. The van der Waals surface area contributed by atoms with Crippen LogP contribution in [-0.2, 0) is 0 Å². The van der Waals surface area contributed by atoms with E-state index in [-0.39, 0.29) is 0 Å². The lowest BCUT2D eigenvalue weighted by atomic mass is 10.2. The molecule has 5 heteroatoms. The van der Waals surface area contributed by atoms with Gasteiger partial charge < -0.3 is 10.6 Å². The maximum Gasteiger partial charge on any atom is 0.225 e. The third kappa shape index (κ3) is 3.81. The number of benzene rings is 1. The highest BCUT2D eigenvalue weighted by atomic mass is 32.1. The average molecular weight is 336 g/mol. The van der Waals surface area contributed by atoms with Gasteiger partial charge >= 0.3 is 0 Å². The Balaban J connectivity index is 1.77. The molecule has 1 aromatic carbocycles. The van der Waals surface area contributed by atoms with E-state index in [1.54, 1.807) is 17.4 Å². The third-order valence-corrected chi connectivity index (χ3v) is 4.59. The molecule has 0 aliphatic carbocycles. The average Bonchev–Trinajstić information content (AvgIpc) is 2.99. The second-order valence-electron chi connectivity index (χ2n) is 5.36. The van der Waals surface area contributed by atoms with Crippen LogP contribution in [0.1, 0.15) is 11.1 Å². The predicted octanol–water partition coefficient (Wildman–Crippen LogP) is 4.72. The Hall–Kier alpha value is -2.66. The summed E-state index contributed by atoms with van der Waals surface area (Å²) in [6.07, 6.45) is 5.99. The molecule has 3 aromatic rings. The molecule has 0 saturated heterocycles. The van der Waals surface area contributed by atoms with Crippen LogP contribution in [0, 0.1) is 6.92 Å². The molecule has 3 rings (SSSR count). The van der Waals surface area contributed by atoms with Gasteiger partial charge in [-0.25, -0.2) is 4.98 Å². The Morgan fingerprint density at radius 1 is 1.12 bits per heavy atom. The topological polar surface area (TPSA) is 49.8 Å². The molecule has 2 N–H and O–H groups in total. The molecular weight excluding hydrogens is 316 g/mol. The first-order valence-corrected chi connectivity index (χ1v) is 8.72. The molecule has 2 aromatic heterocycles. The quantitative estimate of drug-likeness (QED) is 0.613. The number of thiophene rings is 1. The number of aryl methyl sites for hydroxylation is 1. The minimum absolute atomic E-state index is 0.624. The number of aromatic nitrogens is 2. The van der Waals surface area contributed by atoms with Crippen molar-refractivity contribution in [2.75, 3.05) is 23.7 Å². The second kappa shape index (κ2) is 7.75. The van der Waals surface area contributed by atoms with Crippen molar-refractivity contribution in [1.29, 1.82) is 0 Å². The molecule has 24 heavy (non-hydrogen) atoms. The molecular formula is C19H20N4S. The van der Waals surface area contributed by atoms with Crippen LogP contribution in [0.15, 0.2) is 54.4 Å². The van der Waals surface area contributed by atoms with Crippen LogP contribution in [0.25, 0.3) is 16.3 Å². The van der Waals surface area contributed by atoms with Gasteiger partial charge in [-0.1, -0.05) is 48.6 Å². The summed E-state index contributed by atoms with van der Waals surface area (Å²) in [5.74, 6) is 1.49. The number of anilines is 2. The first-order chi connectivity index (χ1) is 11.8. The molecule has 0 aliphatic rings. The number of nitrogens with zero attached hydrogens (tertiary/aromatic N) is 2. The maximum atomic E-state index is 4.59. The Bertz CT molecular complexity index is 852. The highest BCUT2D eigenvalue weighted by molar-refractivity contribution is 7.18. The summed E-state index contributed by atoms with van der Waals surface area (Å²) in [6, 6.07) is 10.3. The number of hydrogen-bond donors (Lipinski definition) is 2. The summed E-state index contributed by atoms with van der Waals surface area (Å²) in [7, 11) is 0. The van der Waals surface area contributed by atoms with E-state index in [0.717, 1.165) is 16.0 Å². The van der Waals surface area contributed by atoms with E-state index in [1.807, 2.05) is 18.2 Å². The van der Waals surface area contributed by atoms with E-state index < -0.39 is 0 Å². The van der Waals surface area contributed by atoms with Crippen molar-refractivity contribution in [2.45, 2.75) is 6.92 Å². The number of fused-ring (bicyclic) bond motifs is 1. The second-order valence-corrected chi connectivity index (χ2v) is 6.24. The Morgan fingerprint density at radius 2 is 1.96 bits per heavy atom. The summed E-state index contributed by atoms with van der Waals surface area (Å²) < 4.78 is 1.09. The van der Waals surface area contributed by atoms with E-state index in [1.165, 1.54) is 11.1 Å². The number of nitrogens with one attached hydrogen (secondary N) is 2. The SMILES string of the molecule is C=CCNc1nc(NC/C=C/c2ccccc2)c2scc(C)c2n1. The van der Waals surface area contributed by atoms with Crippen molar-refractivity contribution in [1.82, 2.24) is 9.97 Å². The van der Waals surface area contributed by atoms with Gasteiger partial charge in [0.25, 0.3) is 0 Å². The van der Waals surface area contributed by atoms with Gasteiger partial charge in [0, 0.05) is 13.1 Å². The summed E-state index contributed by atoms with van der Waals surface area (Å²) in [4.78, 5) is 9.18. The van der Waals surface area contributed by atoms with Crippen molar-refractivity contribution < 1.29 is 0 Å². The first-order valence-electron chi connectivity index (χ1n) is 7.84. The van der Waals surface area contributed by atoms with Crippen LogP contribution in [0.3, 0.4) is 0 Å². The molecule has 0 saturated carbocycles. The first kappa shape index (κ1) is 16.2. The van der Waals surface area contributed by atoms with Gasteiger partial charge in [-0.05, 0) is 23.4 Å². The zero-order valence-electron chi connectivity index (χ0n) is 13.6. The molecule has 0 spiro atoms. The third-order valence-electron chi connectivity index (χ3n) is 3.49. The Labute approximate surface area is 146 Å². The van der Waals surface area contributed by atoms with Crippen LogP contribution in [0.5, 0.6) is 0 Å². The monoisotopic (exact) mass is 336 g/mol. The van der Waals surface area contributed by atoms with Crippen molar-refractivity contribution in [3.05, 3.63) is 65.6 Å². The minimum atomic E-state index is 0.624. The number of rotatable bonds is 7. The fourth-order valence-electron chi connectivity index (χ4n) is 2.31. The highest BCUT2D eigenvalue weighted by Crippen LogP contribution is 2.30. The molecule has 122 valence electrons. The Morgan fingerprint density at radius 3 is 2.75 bits per heavy atom. The molecule has 0 fully saturated rings. The summed E-state index contributed by atoms with van der Waals surface area (Å²) >= 11 is 1.67. The molecule has 0 atom stereocenters. The normalized spacial score (nSPS) is 11.0. The van der Waals surface area contributed by atoms with Crippen LogP contribution >= 0.6 is 11.3 Å². The van der Waals surface area contributed by atoms with E-state index in [2.05, 4.69) is 63.8 Å². The van der Waals surface area contributed by atoms with Crippen LogP contribution < -0.4 is 10.6 Å². The zero-order valence-corrected chi connectivity index (χ0v) is 14.4. The van der Waals surface area contributed by atoms with Gasteiger partial charge in [-0.15, -0.1) is 17.9 Å². The van der Waals surface area contributed by atoms with Crippen molar-refractivity contribution >= 4 is 39.4 Å². The molecule has 0 radical (unpaired) electrons. The van der Waals surface area contributed by atoms with Crippen LogP contribution in [0.4, 0.5) is 11.8 Å². The molecule has 2 heterocycles. The lowest BCUT2D eigenvalue weighted by molar-refractivity contribution is 1.14. The lowest BCUT2D eigenvalue weighted by Crippen LogP contribution is -2.07. The maximum absolute atomic E-state index is 4.59. The largest absolute Gasteiger partial charge is 0.365 e. The van der Waals surface area contributed by atoms with Crippen molar-refractivity contribution in [2.24, 2.45) is 0 Å². The van der Waals surface area contributed by atoms with Gasteiger partial charge in [0.05, 0.1) is 10.2 Å². The molecule has 4 nitrogen and oxygen atoms in total. The fraction of sp³-hybridized carbons (Fsp3) is 0.158. The van der Waals surface area contributed by atoms with Gasteiger partial charge in [0.1, 0.15) is 5.82 Å². The lowest BCUT2D eigenvalue weighted by Gasteiger charge is -2.08. The number of hydrogen-bond acceptors (Lipinski definition) is 5. The van der Waals surface area contributed by atoms with Gasteiger partial charge in [-0.2, -0.15) is 4.98 Å². The van der Waals surface area contributed by atoms with Gasteiger partial charge in [0.15, 0.2) is 0 Å². The van der Waals surface area contributed by atoms with E-state index in [9.17, 15) is 0 Å². The summed E-state index contributed by atoms with van der Waals surface area (Å²) in [6.45, 7) is 7.14. The van der Waals surface area contributed by atoms with E-state index in [0.29, 0.717) is 19.0 Å². The molecule has 0 aliphatic heterocycles.